The molecule has 0 fully saturated rings. The molecule has 0 spiro atoms. The average Bonchev–Trinajstić information content (AvgIpc) is 2.65. The standard InChI is InChI=1S/C23H29NO2/c1-4-21(19-14-13-17-9-5-6-10-18(17)15-19)24-23(25)20-11-7-8-12-22(20)26-16(2)3/h7-8,11-16,21H,4-6,9-10H2,1-3H3,(H,24,25)/t21-/m0/s1. The Hall–Kier alpha value is -2.29. The van der Waals surface area contributed by atoms with E-state index in [0.29, 0.717) is 11.3 Å². The molecule has 2 aromatic rings. The summed E-state index contributed by atoms with van der Waals surface area (Å²) in [5.74, 6) is 0.561. The third kappa shape index (κ3) is 4.27. The van der Waals surface area contributed by atoms with Crippen molar-refractivity contribution >= 4 is 5.91 Å². The summed E-state index contributed by atoms with van der Waals surface area (Å²) in [6, 6.07) is 14.2. The van der Waals surface area contributed by atoms with Gasteiger partial charge in [0.1, 0.15) is 5.75 Å². The largest absolute Gasteiger partial charge is 0.490 e. The summed E-state index contributed by atoms with van der Waals surface area (Å²) in [5.41, 5.74) is 4.71. The van der Waals surface area contributed by atoms with E-state index in [1.54, 1.807) is 0 Å². The minimum absolute atomic E-state index is 0.0156. The third-order valence-electron chi connectivity index (χ3n) is 4.98. The Morgan fingerprint density at radius 2 is 1.81 bits per heavy atom. The number of hydrogen-bond acceptors (Lipinski definition) is 2. The predicted molar refractivity (Wildman–Crippen MR) is 106 cm³/mol. The molecule has 138 valence electrons. The first-order chi connectivity index (χ1) is 12.6. The number of hydrogen-bond donors (Lipinski definition) is 1. The molecule has 0 unspecified atom stereocenters. The van der Waals surface area contributed by atoms with Crippen molar-refractivity contribution in [1.29, 1.82) is 0 Å². The van der Waals surface area contributed by atoms with E-state index < -0.39 is 0 Å². The quantitative estimate of drug-likeness (QED) is 0.773. The van der Waals surface area contributed by atoms with Crippen LogP contribution in [0, 0.1) is 0 Å². The van der Waals surface area contributed by atoms with Gasteiger partial charge in [0.15, 0.2) is 0 Å². The van der Waals surface area contributed by atoms with E-state index in [4.69, 9.17) is 4.74 Å². The van der Waals surface area contributed by atoms with Crippen LogP contribution < -0.4 is 10.1 Å². The lowest BCUT2D eigenvalue weighted by Gasteiger charge is -2.22. The van der Waals surface area contributed by atoms with E-state index in [0.717, 1.165) is 12.8 Å². The fourth-order valence-corrected chi connectivity index (χ4v) is 3.64. The highest BCUT2D eigenvalue weighted by atomic mass is 16.5. The molecule has 1 atom stereocenters. The van der Waals surface area contributed by atoms with Crippen LogP contribution in [-0.2, 0) is 12.8 Å². The smallest absolute Gasteiger partial charge is 0.255 e. The van der Waals surface area contributed by atoms with Gasteiger partial charge in [-0.2, -0.15) is 0 Å². The number of carbonyl (C=O) groups is 1. The number of ether oxygens (including phenoxy) is 1. The third-order valence-corrected chi connectivity index (χ3v) is 4.98. The van der Waals surface area contributed by atoms with Gasteiger partial charge in [0, 0.05) is 0 Å². The molecule has 0 saturated carbocycles. The van der Waals surface area contributed by atoms with E-state index in [9.17, 15) is 4.79 Å². The maximum absolute atomic E-state index is 12.9. The second-order valence-electron chi connectivity index (χ2n) is 7.33. The molecule has 0 aromatic heterocycles. The van der Waals surface area contributed by atoms with Crippen molar-refractivity contribution in [2.24, 2.45) is 0 Å². The minimum atomic E-state index is -0.0779. The number of benzene rings is 2. The van der Waals surface area contributed by atoms with Crippen molar-refractivity contribution in [2.75, 3.05) is 0 Å². The van der Waals surface area contributed by atoms with Crippen molar-refractivity contribution in [3.05, 3.63) is 64.7 Å². The first kappa shape index (κ1) is 18.5. The van der Waals surface area contributed by atoms with Gasteiger partial charge in [-0.1, -0.05) is 37.3 Å². The Balaban J connectivity index is 1.79. The normalized spacial score (nSPS) is 14.6. The second kappa shape index (κ2) is 8.39. The number of para-hydroxylation sites is 1. The first-order valence-corrected chi connectivity index (χ1v) is 9.76. The summed E-state index contributed by atoms with van der Waals surface area (Å²) in [6.45, 7) is 6.05. The van der Waals surface area contributed by atoms with Gasteiger partial charge in [-0.05, 0) is 74.8 Å². The van der Waals surface area contributed by atoms with Crippen molar-refractivity contribution in [2.45, 2.75) is 65.0 Å². The van der Waals surface area contributed by atoms with Crippen LogP contribution in [0.5, 0.6) is 5.75 Å². The number of carbonyl (C=O) groups excluding carboxylic acids is 1. The molecule has 0 heterocycles. The highest BCUT2D eigenvalue weighted by Crippen LogP contribution is 2.27. The number of aryl methyl sites for hydroxylation is 2. The van der Waals surface area contributed by atoms with Crippen LogP contribution in [0.1, 0.15) is 73.1 Å². The minimum Gasteiger partial charge on any atom is -0.490 e. The molecule has 0 radical (unpaired) electrons. The van der Waals surface area contributed by atoms with Crippen molar-refractivity contribution in [3.8, 4) is 5.75 Å². The van der Waals surface area contributed by atoms with Gasteiger partial charge in [0.25, 0.3) is 5.91 Å². The van der Waals surface area contributed by atoms with E-state index in [-0.39, 0.29) is 18.1 Å². The fourth-order valence-electron chi connectivity index (χ4n) is 3.64. The maximum Gasteiger partial charge on any atom is 0.255 e. The van der Waals surface area contributed by atoms with Gasteiger partial charge in [0.2, 0.25) is 0 Å². The predicted octanol–water partition coefficient (Wildman–Crippen LogP) is 5.23. The van der Waals surface area contributed by atoms with Crippen LogP contribution in [0.4, 0.5) is 0 Å². The molecule has 3 heteroatoms. The molecule has 0 bridgehead atoms. The molecule has 0 aliphatic heterocycles. The number of amides is 1. The molecular weight excluding hydrogens is 322 g/mol. The van der Waals surface area contributed by atoms with Gasteiger partial charge < -0.3 is 10.1 Å². The Kier molecular flexibility index (Phi) is 5.97. The lowest BCUT2D eigenvalue weighted by molar-refractivity contribution is 0.0929. The first-order valence-electron chi connectivity index (χ1n) is 9.76. The highest BCUT2D eigenvalue weighted by Gasteiger charge is 2.19. The van der Waals surface area contributed by atoms with Gasteiger partial charge >= 0.3 is 0 Å². The summed E-state index contributed by atoms with van der Waals surface area (Å²) >= 11 is 0. The van der Waals surface area contributed by atoms with Gasteiger partial charge in [-0.25, -0.2) is 0 Å². The highest BCUT2D eigenvalue weighted by molar-refractivity contribution is 5.97. The molecule has 3 nitrogen and oxygen atoms in total. The average molecular weight is 351 g/mol. The van der Waals surface area contributed by atoms with E-state index >= 15 is 0 Å². The Bertz CT molecular complexity index is 767. The molecule has 1 aliphatic carbocycles. The number of fused-ring (bicyclic) bond motifs is 1. The Labute approximate surface area is 156 Å². The SMILES string of the molecule is CC[C@H](NC(=O)c1ccccc1OC(C)C)c1ccc2c(c1)CCCC2. The van der Waals surface area contributed by atoms with Gasteiger partial charge in [-0.3, -0.25) is 4.79 Å². The molecule has 0 saturated heterocycles. The van der Waals surface area contributed by atoms with Crippen LogP contribution in [0.15, 0.2) is 42.5 Å². The number of nitrogens with one attached hydrogen (secondary N) is 1. The lowest BCUT2D eigenvalue weighted by atomic mass is 9.88. The van der Waals surface area contributed by atoms with Crippen LogP contribution in [0.2, 0.25) is 0 Å². The van der Waals surface area contributed by atoms with Crippen LogP contribution in [0.3, 0.4) is 0 Å². The Morgan fingerprint density at radius 1 is 1.08 bits per heavy atom. The maximum atomic E-state index is 12.9. The summed E-state index contributed by atoms with van der Waals surface area (Å²) in [5, 5.41) is 3.20. The van der Waals surface area contributed by atoms with Crippen molar-refractivity contribution in [1.82, 2.24) is 5.32 Å². The molecule has 1 N–H and O–H groups in total. The zero-order chi connectivity index (χ0) is 18.5. The van der Waals surface area contributed by atoms with E-state index in [2.05, 4.69) is 30.4 Å². The summed E-state index contributed by atoms with van der Waals surface area (Å²) in [7, 11) is 0. The molecule has 1 amide bonds. The van der Waals surface area contributed by atoms with Crippen molar-refractivity contribution < 1.29 is 9.53 Å². The number of rotatable bonds is 6. The van der Waals surface area contributed by atoms with Crippen LogP contribution >= 0.6 is 0 Å². The molecule has 3 rings (SSSR count). The van der Waals surface area contributed by atoms with E-state index in [1.165, 1.54) is 36.0 Å². The van der Waals surface area contributed by atoms with Crippen LogP contribution in [0.25, 0.3) is 0 Å². The molecule has 26 heavy (non-hydrogen) atoms. The van der Waals surface area contributed by atoms with Gasteiger partial charge in [-0.15, -0.1) is 0 Å². The van der Waals surface area contributed by atoms with Crippen molar-refractivity contribution in [3.63, 3.8) is 0 Å². The van der Waals surface area contributed by atoms with Crippen LogP contribution in [-0.4, -0.2) is 12.0 Å². The zero-order valence-electron chi connectivity index (χ0n) is 16.0. The summed E-state index contributed by atoms with van der Waals surface area (Å²) < 4.78 is 5.80. The fraction of sp³-hybridized carbons (Fsp3) is 0.435. The lowest BCUT2D eigenvalue weighted by Crippen LogP contribution is -2.29. The second-order valence-corrected chi connectivity index (χ2v) is 7.33. The summed E-state index contributed by atoms with van der Waals surface area (Å²) in [4.78, 5) is 12.9. The summed E-state index contributed by atoms with van der Waals surface area (Å²) in [6.07, 6.45) is 5.77. The topological polar surface area (TPSA) is 38.3 Å². The monoisotopic (exact) mass is 351 g/mol. The molecule has 1 aliphatic rings. The zero-order valence-corrected chi connectivity index (χ0v) is 16.0. The van der Waals surface area contributed by atoms with Gasteiger partial charge in [0.05, 0.1) is 17.7 Å². The molecular formula is C23H29NO2. The molecule has 2 aromatic carbocycles. The van der Waals surface area contributed by atoms with E-state index in [1.807, 2.05) is 38.1 Å². The Morgan fingerprint density at radius 3 is 2.54 bits per heavy atom.